The van der Waals surface area contributed by atoms with E-state index in [1.165, 1.54) is 0 Å². The number of rotatable bonds is 9. The highest BCUT2D eigenvalue weighted by molar-refractivity contribution is 5.94. The number of carbonyl (C=O) groups is 2. The molecule has 0 atom stereocenters. The van der Waals surface area contributed by atoms with Gasteiger partial charge in [-0.1, -0.05) is 12.5 Å². The Bertz CT molecular complexity index is 709. The third-order valence-electron chi connectivity index (χ3n) is 3.66. The van der Waals surface area contributed by atoms with Crippen molar-refractivity contribution in [1.29, 1.82) is 0 Å². The third-order valence-corrected chi connectivity index (χ3v) is 3.66. The molecule has 0 radical (unpaired) electrons. The van der Waals surface area contributed by atoms with Crippen molar-refractivity contribution in [2.75, 3.05) is 20.6 Å². The molecule has 2 heterocycles. The molecule has 2 aromatic heterocycles. The summed E-state index contributed by atoms with van der Waals surface area (Å²) in [6.45, 7) is 1.14. The maximum absolute atomic E-state index is 12.5. The standard InChI is InChI=1S/C17H24N4O3/c1-20(2)12-13-16(19-14-8-5-7-11-21(13)14)17(24)18-10-6-3-4-9-15(22)23/h5,7-8,11H,3-4,6,9-10,12H2,1-2H3,(H,18,24)(H,22,23). The Morgan fingerprint density at radius 2 is 2.04 bits per heavy atom. The van der Waals surface area contributed by atoms with Crippen LogP contribution in [0, 0.1) is 0 Å². The molecule has 0 fully saturated rings. The minimum Gasteiger partial charge on any atom is -0.481 e. The number of unbranched alkanes of at least 4 members (excludes halogenated alkanes) is 2. The van der Waals surface area contributed by atoms with Gasteiger partial charge in [-0.3, -0.25) is 9.59 Å². The number of carbonyl (C=O) groups excluding carboxylic acids is 1. The monoisotopic (exact) mass is 332 g/mol. The molecule has 0 aliphatic rings. The Morgan fingerprint density at radius 1 is 1.25 bits per heavy atom. The first-order chi connectivity index (χ1) is 11.5. The van der Waals surface area contributed by atoms with Crippen molar-refractivity contribution in [2.24, 2.45) is 0 Å². The van der Waals surface area contributed by atoms with Crippen molar-refractivity contribution in [2.45, 2.75) is 32.2 Å². The van der Waals surface area contributed by atoms with E-state index in [-0.39, 0.29) is 12.3 Å². The topological polar surface area (TPSA) is 86.9 Å². The normalized spacial score (nSPS) is 11.1. The van der Waals surface area contributed by atoms with E-state index in [1.807, 2.05) is 47.8 Å². The summed E-state index contributed by atoms with van der Waals surface area (Å²) in [5, 5.41) is 11.5. The number of nitrogens with one attached hydrogen (secondary N) is 1. The zero-order valence-electron chi connectivity index (χ0n) is 14.2. The lowest BCUT2D eigenvalue weighted by Gasteiger charge is -2.11. The maximum Gasteiger partial charge on any atom is 0.303 e. The van der Waals surface area contributed by atoms with E-state index in [2.05, 4.69) is 10.3 Å². The molecule has 0 aromatic carbocycles. The fraction of sp³-hybridized carbons (Fsp3) is 0.471. The third kappa shape index (κ3) is 4.79. The van der Waals surface area contributed by atoms with Crippen molar-refractivity contribution < 1.29 is 14.7 Å². The molecular weight excluding hydrogens is 308 g/mol. The molecule has 130 valence electrons. The second kappa shape index (κ2) is 8.44. The van der Waals surface area contributed by atoms with Crippen LogP contribution in [-0.2, 0) is 11.3 Å². The fourth-order valence-electron chi connectivity index (χ4n) is 2.54. The Labute approximate surface area is 141 Å². The van der Waals surface area contributed by atoms with E-state index < -0.39 is 5.97 Å². The second-order valence-electron chi connectivity index (χ2n) is 6.03. The zero-order chi connectivity index (χ0) is 17.5. The number of pyridine rings is 1. The van der Waals surface area contributed by atoms with Gasteiger partial charge < -0.3 is 19.7 Å². The van der Waals surface area contributed by atoms with E-state index >= 15 is 0 Å². The fourth-order valence-corrected chi connectivity index (χ4v) is 2.54. The van der Waals surface area contributed by atoms with Gasteiger partial charge in [0.05, 0.1) is 5.69 Å². The summed E-state index contributed by atoms with van der Waals surface area (Å²) < 4.78 is 1.93. The number of fused-ring (bicyclic) bond motifs is 1. The average molecular weight is 332 g/mol. The highest BCUT2D eigenvalue weighted by Crippen LogP contribution is 2.14. The van der Waals surface area contributed by atoms with E-state index in [0.717, 1.165) is 24.2 Å². The van der Waals surface area contributed by atoms with Crippen LogP contribution in [0.25, 0.3) is 5.65 Å². The van der Waals surface area contributed by atoms with Gasteiger partial charge in [0.25, 0.3) is 5.91 Å². The van der Waals surface area contributed by atoms with Crippen LogP contribution in [0.1, 0.15) is 41.9 Å². The summed E-state index contributed by atoms with van der Waals surface area (Å²) >= 11 is 0. The lowest BCUT2D eigenvalue weighted by atomic mass is 10.2. The van der Waals surface area contributed by atoms with Crippen LogP contribution in [-0.4, -0.2) is 51.9 Å². The first-order valence-electron chi connectivity index (χ1n) is 8.09. The van der Waals surface area contributed by atoms with Gasteiger partial charge in [-0.2, -0.15) is 0 Å². The van der Waals surface area contributed by atoms with E-state index in [1.54, 1.807) is 0 Å². The first kappa shape index (κ1) is 17.9. The predicted octanol–water partition coefficient (Wildman–Crippen LogP) is 1.77. The minimum absolute atomic E-state index is 0.174. The molecule has 0 spiro atoms. The largest absolute Gasteiger partial charge is 0.481 e. The SMILES string of the molecule is CN(C)Cc1c(C(=O)NCCCCCC(=O)O)nc2ccccn12. The van der Waals surface area contributed by atoms with Gasteiger partial charge in [-0.15, -0.1) is 0 Å². The number of aliphatic carboxylic acids is 1. The Kier molecular flexibility index (Phi) is 6.31. The van der Waals surface area contributed by atoms with Gasteiger partial charge in [0.15, 0.2) is 5.69 Å². The Morgan fingerprint density at radius 3 is 2.75 bits per heavy atom. The molecule has 2 rings (SSSR count). The minimum atomic E-state index is -0.780. The van der Waals surface area contributed by atoms with Gasteiger partial charge in [-0.05, 0) is 39.1 Å². The molecule has 0 saturated carbocycles. The van der Waals surface area contributed by atoms with Crippen LogP contribution in [0.15, 0.2) is 24.4 Å². The molecule has 7 nitrogen and oxygen atoms in total. The summed E-state index contributed by atoms with van der Waals surface area (Å²) in [5.41, 5.74) is 2.06. The van der Waals surface area contributed by atoms with Gasteiger partial charge >= 0.3 is 5.97 Å². The zero-order valence-corrected chi connectivity index (χ0v) is 14.2. The van der Waals surface area contributed by atoms with Crippen LogP contribution >= 0.6 is 0 Å². The van der Waals surface area contributed by atoms with Crippen molar-refractivity contribution in [3.63, 3.8) is 0 Å². The summed E-state index contributed by atoms with van der Waals surface area (Å²) in [7, 11) is 3.90. The van der Waals surface area contributed by atoms with Crippen molar-refractivity contribution in [3.8, 4) is 0 Å². The molecule has 0 bridgehead atoms. The van der Waals surface area contributed by atoms with E-state index in [0.29, 0.717) is 25.2 Å². The lowest BCUT2D eigenvalue weighted by Crippen LogP contribution is -2.27. The van der Waals surface area contributed by atoms with Crippen molar-refractivity contribution in [3.05, 3.63) is 35.8 Å². The highest BCUT2D eigenvalue weighted by atomic mass is 16.4. The number of hydrogen-bond acceptors (Lipinski definition) is 4. The molecule has 24 heavy (non-hydrogen) atoms. The molecule has 0 unspecified atom stereocenters. The molecular formula is C17H24N4O3. The smallest absolute Gasteiger partial charge is 0.303 e. The molecule has 2 N–H and O–H groups in total. The average Bonchev–Trinajstić information content (AvgIpc) is 2.88. The lowest BCUT2D eigenvalue weighted by molar-refractivity contribution is -0.137. The van der Waals surface area contributed by atoms with Gasteiger partial charge in [0.1, 0.15) is 5.65 Å². The summed E-state index contributed by atoms with van der Waals surface area (Å²) in [5.74, 6) is -0.967. The van der Waals surface area contributed by atoms with Crippen LogP contribution in [0.3, 0.4) is 0 Å². The maximum atomic E-state index is 12.5. The molecule has 1 amide bonds. The van der Waals surface area contributed by atoms with Crippen molar-refractivity contribution >= 4 is 17.5 Å². The molecule has 7 heteroatoms. The van der Waals surface area contributed by atoms with Gasteiger partial charge in [0, 0.05) is 25.7 Å². The van der Waals surface area contributed by atoms with Crippen LogP contribution in [0.4, 0.5) is 0 Å². The number of hydrogen-bond donors (Lipinski definition) is 2. The number of carboxylic acids is 1. The molecule has 0 saturated heterocycles. The molecule has 2 aromatic rings. The van der Waals surface area contributed by atoms with Crippen LogP contribution in [0.2, 0.25) is 0 Å². The summed E-state index contributed by atoms with van der Waals surface area (Å²) in [6.07, 6.45) is 4.25. The molecule has 0 aliphatic carbocycles. The number of imidazole rings is 1. The number of carboxylic acid groups (broad SMARTS) is 1. The van der Waals surface area contributed by atoms with Gasteiger partial charge in [0.2, 0.25) is 0 Å². The first-order valence-corrected chi connectivity index (χ1v) is 8.09. The Hall–Kier alpha value is -2.41. The van der Waals surface area contributed by atoms with Crippen LogP contribution in [0.5, 0.6) is 0 Å². The van der Waals surface area contributed by atoms with E-state index in [4.69, 9.17) is 5.11 Å². The number of amides is 1. The van der Waals surface area contributed by atoms with Crippen LogP contribution < -0.4 is 5.32 Å². The number of nitrogens with zero attached hydrogens (tertiary/aromatic N) is 3. The predicted molar refractivity (Wildman–Crippen MR) is 91.0 cm³/mol. The highest BCUT2D eigenvalue weighted by Gasteiger charge is 2.18. The Balaban J connectivity index is 1.99. The molecule has 0 aliphatic heterocycles. The van der Waals surface area contributed by atoms with Gasteiger partial charge in [-0.25, -0.2) is 4.98 Å². The summed E-state index contributed by atoms with van der Waals surface area (Å²) in [4.78, 5) is 29.4. The number of aromatic nitrogens is 2. The van der Waals surface area contributed by atoms with E-state index in [9.17, 15) is 9.59 Å². The quantitative estimate of drug-likeness (QED) is 0.684. The van der Waals surface area contributed by atoms with Crippen molar-refractivity contribution in [1.82, 2.24) is 19.6 Å². The summed E-state index contributed by atoms with van der Waals surface area (Å²) in [6, 6.07) is 5.69. The second-order valence-corrected chi connectivity index (χ2v) is 6.03.